The Labute approximate surface area is 138 Å². The number of hydrogen-bond acceptors (Lipinski definition) is 3. The van der Waals surface area contributed by atoms with E-state index in [9.17, 15) is 10.0 Å². The Kier molecular flexibility index (Phi) is 4.17. The summed E-state index contributed by atoms with van der Waals surface area (Å²) in [5.74, 6) is 0. The van der Waals surface area contributed by atoms with Crippen LogP contribution in [0.1, 0.15) is 16.8 Å². The van der Waals surface area contributed by atoms with Gasteiger partial charge < -0.3 is 5.21 Å². The third-order valence-corrected chi connectivity index (χ3v) is 4.05. The second-order valence-corrected chi connectivity index (χ2v) is 5.76. The summed E-state index contributed by atoms with van der Waals surface area (Å²) in [6.07, 6.45) is 1.68. The van der Waals surface area contributed by atoms with Crippen molar-refractivity contribution in [1.82, 2.24) is 9.71 Å². The van der Waals surface area contributed by atoms with Gasteiger partial charge in [-0.05, 0) is 30.2 Å². The number of halogens is 1. The molecule has 1 N–H and O–H groups in total. The summed E-state index contributed by atoms with van der Waals surface area (Å²) in [7, 11) is 0. The molecular weight excluding hydrogens is 312 g/mol. The summed E-state index contributed by atoms with van der Waals surface area (Å²) in [5, 5.41) is 10.5. The Hall–Kier alpha value is -2.59. The van der Waals surface area contributed by atoms with Gasteiger partial charge in [-0.3, -0.25) is 4.79 Å². The molecule has 0 aliphatic rings. The lowest BCUT2D eigenvalue weighted by molar-refractivity contribution is 0.173. The summed E-state index contributed by atoms with van der Waals surface area (Å²) < 4.78 is 0.588. The van der Waals surface area contributed by atoms with Gasteiger partial charge in [0.25, 0.3) is 0 Å². The number of nitrogens with zero attached hydrogens (tertiary/aromatic N) is 2. The second kappa shape index (κ2) is 6.26. The molecule has 5 heteroatoms. The molecule has 0 unspecified atom stereocenters. The van der Waals surface area contributed by atoms with Crippen LogP contribution in [0.5, 0.6) is 0 Å². The summed E-state index contributed by atoms with van der Waals surface area (Å²) in [5.41, 5.74) is 2.97. The molecule has 2 aromatic carbocycles. The van der Waals surface area contributed by atoms with Crippen LogP contribution in [-0.4, -0.2) is 14.9 Å². The van der Waals surface area contributed by atoms with E-state index >= 15 is 0 Å². The van der Waals surface area contributed by atoms with Gasteiger partial charge in [0.2, 0.25) is 0 Å². The summed E-state index contributed by atoms with van der Waals surface area (Å²) in [4.78, 5) is 16.5. The lowest BCUT2D eigenvalue weighted by atomic mass is 10.1. The summed E-state index contributed by atoms with van der Waals surface area (Å²) >= 11 is 6.04. The minimum atomic E-state index is -0.511. The first-order chi connectivity index (χ1) is 11.0. The molecule has 0 radical (unpaired) electrons. The SMILES string of the molecule is Cc1cc(-c2cn(O)c(=O)c(Cc3ccccc3)n2)ccc1Cl. The molecule has 23 heavy (non-hydrogen) atoms. The largest absolute Gasteiger partial charge is 0.425 e. The highest BCUT2D eigenvalue weighted by molar-refractivity contribution is 6.31. The maximum absolute atomic E-state index is 12.1. The van der Waals surface area contributed by atoms with Gasteiger partial charge in [-0.1, -0.05) is 48.0 Å². The quantitative estimate of drug-likeness (QED) is 0.747. The molecule has 4 nitrogen and oxygen atoms in total. The molecule has 0 fully saturated rings. The van der Waals surface area contributed by atoms with E-state index in [1.165, 1.54) is 6.20 Å². The Morgan fingerprint density at radius 2 is 1.91 bits per heavy atom. The molecule has 0 spiro atoms. The molecule has 116 valence electrons. The van der Waals surface area contributed by atoms with E-state index in [0.29, 0.717) is 27.6 Å². The molecule has 3 aromatic rings. The monoisotopic (exact) mass is 326 g/mol. The van der Waals surface area contributed by atoms with Crippen LogP contribution < -0.4 is 5.56 Å². The topological polar surface area (TPSA) is 55.1 Å². The van der Waals surface area contributed by atoms with Crippen LogP contribution in [0.15, 0.2) is 59.5 Å². The minimum absolute atomic E-state index is 0.295. The summed E-state index contributed by atoms with van der Waals surface area (Å²) in [6, 6.07) is 15.0. The van der Waals surface area contributed by atoms with Gasteiger partial charge >= 0.3 is 5.56 Å². The Morgan fingerprint density at radius 3 is 2.61 bits per heavy atom. The van der Waals surface area contributed by atoms with Crippen molar-refractivity contribution in [3.63, 3.8) is 0 Å². The lowest BCUT2D eigenvalue weighted by Gasteiger charge is -2.08. The molecule has 0 aliphatic carbocycles. The van der Waals surface area contributed by atoms with Gasteiger partial charge in [-0.2, -0.15) is 4.73 Å². The van der Waals surface area contributed by atoms with Crippen molar-refractivity contribution in [2.45, 2.75) is 13.3 Å². The average Bonchev–Trinajstić information content (AvgIpc) is 2.55. The van der Waals surface area contributed by atoms with Crippen molar-refractivity contribution < 1.29 is 5.21 Å². The molecule has 0 aliphatic heterocycles. The van der Waals surface area contributed by atoms with Crippen LogP contribution in [-0.2, 0) is 6.42 Å². The number of rotatable bonds is 3. The van der Waals surface area contributed by atoms with E-state index in [0.717, 1.165) is 16.7 Å². The number of aromatic nitrogens is 2. The number of hydrogen-bond donors (Lipinski definition) is 1. The molecule has 0 saturated carbocycles. The molecule has 0 bridgehead atoms. The van der Waals surface area contributed by atoms with E-state index in [4.69, 9.17) is 11.6 Å². The fraction of sp³-hybridized carbons (Fsp3) is 0.111. The number of aryl methyl sites for hydroxylation is 1. The molecule has 0 saturated heterocycles. The van der Waals surface area contributed by atoms with E-state index in [1.807, 2.05) is 49.4 Å². The molecule has 0 amide bonds. The van der Waals surface area contributed by atoms with Crippen molar-refractivity contribution in [3.05, 3.63) is 86.9 Å². The van der Waals surface area contributed by atoms with Crippen LogP contribution in [0.25, 0.3) is 11.3 Å². The van der Waals surface area contributed by atoms with Crippen LogP contribution in [0.4, 0.5) is 0 Å². The van der Waals surface area contributed by atoms with Crippen LogP contribution >= 0.6 is 11.6 Å². The predicted molar refractivity (Wildman–Crippen MR) is 90.1 cm³/mol. The third-order valence-electron chi connectivity index (χ3n) is 3.62. The normalized spacial score (nSPS) is 10.7. The average molecular weight is 327 g/mol. The van der Waals surface area contributed by atoms with Gasteiger partial charge in [0.1, 0.15) is 5.69 Å². The van der Waals surface area contributed by atoms with Gasteiger partial charge in [0, 0.05) is 17.0 Å². The summed E-state index contributed by atoms with van der Waals surface area (Å²) in [6.45, 7) is 1.89. The lowest BCUT2D eigenvalue weighted by Crippen LogP contribution is -2.24. The highest BCUT2D eigenvalue weighted by atomic mass is 35.5. The van der Waals surface area contributed by atoms with E-state index in [-0.39, 0.29) is 0 Å². The zero-order valence-electron chi connectivity index (χ0n) is 12.5. The van der Waals surface area contributed by atoms with Crippen molar-refractivity contribution in [2.75, 3.05) is 0 Å². The molecule has 3 rings (SSSR count). The van der Waals surface area contributed by atoms with Crippen molar-refractivity contribution >= 4 is 11.6 Å². The minimum Gasteiger partial charge on any atom is -0.425 e. The molecule has 1 heterocycles. The molecule has 0 atom stereocenters. The fourth-order valence-corrected chi connectivity index (χ4v) is 2.49. The first-order valence-corrected chi connectivity index (χ1v) is 7.54. The first kappa shape index (κ1) is 15.3. The maximum atomic E-state index is 12.1. The predicted octanol–water partition coefficient (Wildman–Crippen LogP) is 3.70. The maximum Gasteiger partial charge on any atom is 0.304 e. The standard InChI is InChI=1S/C18H15ClN2O2/c1-12-9-14(7-8-15(12)19)17-11-21(23)18(22)16(20-17)10-13-5-3-2-4-6-13/h2-9,11,23H,10H2,1H3. The second-order valence-electron chi connectivity index (χ2n) is 5.35. The van der Waals surface area contributed by atoms with E-state index in [1.54, 1.807) is 6.07 Å². The first-order valence-electron chi connectivity index (χ1n) is 7.17. The van der Waals surface area contributed by atoms with E-state index < -0.39 is 5.56 Å². The Balaban J connectivity index is 2.06. The van der Waals surface area contributed by atoms with Crippen LogP contribution in [0.3, 0.4) is 0 Å². The highest BCUT2D eigenvalue weighted by Crippen LogP contribution is 2.23. The van der Waals surface area contributed by atoms with Crippen molar-refractivity contribution in [1.29, 1.82) is 0 Å². The van der Waals surface area contributed by atoms with Gasteiger partial charge in [-0.15, -0.1) is 0 Å². The van der Waals surface area contributed by atoms with Gasteiger partial charge in [0.15, 0.2) is 0 Å². The molecular formula is C18H15ClN2O2. The zero-order chi connectivity index (χ0) is 16.4. The van der Waals surface area contributed by atoms with Gasteiger partial charge in [-0.25, -0.2) is 4.98 Å². The molecule has 1 aromatic heterocycles. The highest BCUT2D eigenvalue weighted by Gasteiger charge is 2.11. The van der Waals surface area contributed by atoms with Gasteiger partial charge in [0.05, 0.1) is 11.9 Å². The van der Waals surface area contributed by atoms with Crippen LogP contribution in [0, 0.1) is 6.92 Å². The Morgan fingerprint density at radius 1 is 1.17 bits per heavy atom. The third kappa shape index (κ3) is 3.27. The Bertz CT molecular complexity index is 905. The van der Waals surface area contributed by atoms with Crippen LogP contribution in [0.2, 0.25) is 5.02 Å². The fourth-order valence-electron chi connectivity index (χ4n) is 2.38. The van der Waals surface area contributed by atoms with Crippen molar-refractivity contribution in [3.8, 4) is 11.3 Å². The number of benzene rings is 2. The van der Waals surface area contributed by atoms with Crippen molar-refractivity contribution in [2.24, 2.45) is 0 Å². The zero-order valence-corrected chi connectivity index (χ0v) is 13.3. The van der Waals surface area contributed by atoms with E-state index in [2.05, 4.69) is 4.98 Å². The smallest absolute Gasteiger partial charge is 0.304 e.